The van der Waals surface area contributed by atoms with Gasteiger partial charge in [-0.05, 0) is 32.4 Å². The first kappa shape index (κ1) is 12.5. The molecule has 0 bridgehead atoms. The molecule has 1 aromatic rings. The quantitative estimate of drug-likeness (QED) is 0.893. The molecule has 5 heteroatoms. The molecule has 4 nitrogen and oxygen atoms in total. The van der Waals surface area contributed by atoms with Crippen LogP contribution in [0, 0.1) is 0 Å². The van der Waals surface area contributed by atoms with Gasteiger partial charge in [-0.1, -0.05) is 0 Å². The van der Waals surface area contributed by atoms with Gasteiger partial charge in [0.25, 0.3) is 0 Å². The smallest absolute Gasteiger partial charge is 0.234 e. The molecule has 94 valence electrons. The van der Waals surface area contributed by atoms with Crippen LogP contribution >= 0.6 is 11.8 Å². The summed E-state index contributed by atoms with van der Waals surface area (Å²) in [5, 5.41) is 3.42. The van der Waals surface area contributed by atoms with Crippen LogP contribution in [0.15, 0.2) is 12.4 Å². The summed E-state index contributed by atoms with van der Waals surface area (Å²) in [4.78, 5) is 8.55. The maximum Gasteiger partial charge on any atom is 0.234 e. The van der Waals surface area contributed by atoms with E-state index in [4.69, 9.17) is 4.74 Å². The number of rotatable bonds is 4. The summed E-state index contributed by atoms with van der Waals surface area (Å²) < 4.78 is 5.53. The SMILES string of the molecule is CC(C)Oc1cncc(NC2CCCSC2)n1. The van der Waals surface area contributed by atoms with Gasteiger partial charge in [0.15, 0.2) is 0 Å². The van der Waals surface area contributed by atoms with Crippen molar-refractivity contribution in [1.29, 1.82) is 0 Å². The fourth-order valence-corrected chi connectivity index (χ4v) is 2.85. The Morgan fingerprint density at radius 2 is 2.35 bits per heavy atom. The minimum Gasteiger partial charge on any atom is -0.474 e. The molecule has 1 aromatic heterocycles. The summed E-state index contributed by atoms with van der Waals surface area (Å²) in [6.07, 6.45) is 6.03. The highest BCUT2D eigenvalue weighted by atomic mass is 32.2. The van der Waals surface area contributed by atoms with Gasteiger partial charge in [-0.15, -0.1) is 0 Å². The molecule has 0 radical (unpaired) electrons. The molecule has 1 saturated heterocycles. The molecule has 2 heterocycles. The van der Waals surface area contributed by atoms with Gasteiger partial charge in [-0.25, -0.2) is 0 Å². The molecule has 1 aliphatic heterocycles. The fraction of sp³-hybridized carbons (Fsp3) is 0.667. The van der Waals surface area contributed by atoms with Gasteiger partial charge in [-0.3, -0.25) is 4.98 Å². The van der Waals surface area contributed by atoms with E-state index in [0.29, 0.717) is 11.9 Å². The highest BCUT2D eigenvalue weighted by Crippen LogP contribution is 2.20. The Labute approximate surface area is 107 Å². The molecular formula is C12H19N3OS. The van der Waals surface area contributed by atoms with Crippen molar-refractivity contribution in [3.63, 3.8) is 0 Å². The zero-order valence-corrected chi connectivity index (χ0v) is 11.2. The van der Waals surface area contributed by atoms with E-state index in [-0.39, 0.29) is 6.10 Å². The normalized spacial score (nSPS) is 20.3. The van der Waals surface area contributed by atoms with E-state index in [1.54, 1.807) is 12.4 Å². The zero-order chi connectivity index (χ0) is 12.1. The number of thioether (sulfide) groups is 1. The fourth-order valence-electron chi connectivity index (χ4n) is 1.78. The van der Waals surface area contributed by atoms with E-state index in [9.17, 15) is 0 Å². The summed E-state index contributed by atoms with van der Waals surface area (Å²) >= 11 is 2.00. The number of nitrogens with zero attached hydrogens (tertiary/aromatic N) is 2. The lowest BCUT2D eigenvalue weighted by Crippen LogP contribution is -2.26. The Morgan fingerprint density at radius 3 is 3.06 bits per heavy atom. The minimum atomic E-state index is 0.129. The van der Waals surface area contributed by atoms with Gasteiger partial charge in [-0.2, -0.15) is 16.7 Å². The summed E-state index contributed by atoms with van der Waals surface area (Å²) in [5.74, 6) is 3.83. The van der Waals surface area contributed by atoms with E-state index < -0.39 is 0 Å². The Morgan fingerprint density at radius 1 is 1.47 bits per heavy atom. The predicted molar refractivity (Wildman–Crippen MR) is 71.8 cm³/mol. The first-order chi connectivity index (χ1) is 8.24. The van der Waals surface area contributed by atoms with Crippen LogP contribution in [0.5, 0.6) is 5.88 Å². The third-order valence-electron chi connectivity index (χ3n) is 2.48. The Balaban J connectivity index is 1.95. The Kier molecular flexibility index (Phi) is 4.48. The molecular weight excluding hydrogens is 234 g/mol. The van der Waals surface area contributed by atoms with Crippen LogP contribution in [0.1, 0.15) is 26.7 Å². The number of aromatic nitrogens is 2. The lowest BCUT2D eigenvalue weighted by molar-refractivity contribution is 0.232. The van der Waals surface area contributed by atoms with Crippen LogP contribution in [-0.2, 0) is 0 Å². The Hall–Kier alpha value is -0.970. The molecule has 1 fully saturated rings. The molecule has 1 unspecified atom stereocenters. The van der Waals surface area contributed by atoms with Crippen molar-refractivity contribution in [3.8, 4) is 5.88 Å². The molecule has 0 aromatic carbocycles. The molecule has 0 aliphatic carbocycles. The average molecular weight is 253 g/mol. The van der Waals surface area contributed by atoms with E-state index in [0.717, 1.165) is 11.6 Å². The van der Waals surface area contributed by atoms with Gasteiger partial charge in [0.1, 0.15) is 5.82 Å². The maximum absolute atomic E-state index is 5.53. The van der Waals surface area contributed by atoms with Crippen molar-refractivity contribution < 1.29 is 4.74 Å². The van der Waals surface area contributed by atoms with Crippen molar-refractivity contribution in [2.75, 3.05) is 16.8 Å². The van der Waals surface area contributed by atoms with Crippen LogP contribution < -0.4 is 10.1 Å². The van der Waals surface area contributed by atoms with Crippen molar-refractivity contribution >= 4 is 17.6 Å². The molecule has 2 rings (SSSR count). The first-order valence-corrected chi connectivity index (χ1v) is 7.22. The molecule has 1 atom stereocenters. The second-order valence-electron chi connectivity index (χ2n) is 4.47. The molecule has 17 heavy (non-hydrogen) atoms. The number of anilines is 1. The van der Waals surface area contributed by atoms with E-state index in [1.165, 1.54) is 18.6 Å². The monoisotopic (exact) mass is 253 g/mol. The lowest BCUT2D eigenvalue weighted by atomic mass is 10.2. The second-order valence-corrected chi connectivity index (χ2v) is 5.62. The van der Waals surface area contributed by atoms with Crippen molar-refractivity contribution in [1.82, 2.24) is 9.97 Å². The standard InChI is InChI=1S/C12H19N3OS/c1-9(2)16-12-7-13-6-11(15-12)14-10-4-3-5-17-8-10/h6-7,9-10H,3-5,8H2,1-2H3,(H,14,15). The van der Waals surface area contributed by atoms with Gasteiger partial charge < -0.3 is 10.1 Å². The van der Waals surface area contributed by atoms with Crippen molar-refractivity contribution in [3.05, 3.63) is 12.4 Å². The maximum atomic E-state index is 5.53. The summed E-state index contributed by atoms with van der Waals surface area (Å²) in [5.41, 5.74) is 0. The summed E-state index contributed by atoms with van der Waals surface area (Å²) in [7, 11) is 0. The zero-order valence-electron chi connectivity index (χ0n) is 10.3. The number of hydrogen-bond acceptors (Lipinski definition) is 5. The molecule has 0 amide bonds. The number of nitrogens with one attached hydrogen (secondary N) is 1. The molecule has 1 N–H and O–H groups in total. The van der Waals surface area contributed by atoms with Gasteiger partial charge in [0, 0.05) is 11.8 Å². The minimum absolute atomic E-state index is 0.129. The Bertz CT molecular complexity index is 353. The number of hydrogen-bond donors (Lipinski definition) is 1. The van der Waals surface area contributed by atoms with E-state index >= 15 is 0 Å². The third-order valence-corrected chi connectivity index (χ3v) is 3.70. The van der Waals surface area contributed by atoms with E-state index in [2.05, 4.69) is 15.3 Å². The highest BCUT2D eigenvalue weighted by Gasteiger charge is 2.14. The van der Waals surface area contributed by atoms with E-state index in [1.807, 2.05) is 25.6 Å². The third kappa shape index (κ3) is 4.07. The van der Waals surface area contributed by atoms with Crippen molar-refractivity contribution in [2.45, 2.75) is 38.8 Å². The molecule has 1 aliphatic rings. The van der Waals surface area contributed by atoms with Gasteiger partial charge in [0.05, 0.1) is 18.5 Å². The van der Waals surface area contributed by atoms with Crippen molar-refractivity contribution in [2.24, 2.45) is 0 Å². The van der Waals surface area contributed by atoms with Crippen LogP contribution in [0.3, 0.4) is 0 Å². The molecule has 0 saturated carbocycles. The average Bonchev–Trinajstić information content (AvgIpc) is 2.30. The van der Waals surface area contributed by atoms with Gasteiger partial charge >= 0.3 is 0 Å². The second kappa shape index (κ2) is 6.10. The van der Waals surface area contributed by atoms with Crippen LogP contribution in [0.25, 0.3) is 0 Å². The summed E-state index contributed by atoms with van der Waals surface area (Å²) in [6, 6.07) is 0.511. The highest BCUT2D eigenvalue weighted by molar-refractivity contribution is 7.99. The van der Waals surface area contributed by atoms with Crippen LogP contribution in [-0.4, -0.2) is 33.6 Å². The first-order valence-electron chi connectivity index (χ1n) is 6.07. The van der Waals surface area contributed by atoms with Crippen LogP contribution in [0.2, 0.25) is 0 Å². The van der Waals surface area contributed by atoms with Crippen LogP contribution in [0.4, 0.5) is 5.82 Å². The largest absolute Gasteiger partial charge is 0.474 e. The lowest BCUT2D eigenvalue weighted by Gasteiger charge is -2.22. The predicted octanol–water partition coefficient (Wildman–Crippen LogP) is 2.57. The molecule has 0 spiro atoms. The van der Waals surface area contributed by atoms with Gasteiger partial charge in [0.2, 0.25) is 5.88 Å². The summed E-state index contributed by atoms with van der Waals surface area (Å²) in [6.45, 7) is 3.97. The number of ether oxygens (including phenoxy) is 1. The topological polar surface area (TPSA) is 47.0 Å².